The quantitative estimate of drug-likeness (QED) is 0.850. The van der Waals surface area contributed by atoms with Gasteiger partial charge in [0.15, 0.2) is 0 Å². The van der Waals surface area contributed by atoms with Gasteiger partial charge < -0.3 is 9.52 Å². The summed E-state index contributed by atoms with van der Waals surface area (Å²) in [5.74, 6) is 0.727. The zero-order chi connectivity index (χ0) is 10.1. The van der Waals surface area contributed by atoms with Gasteiger partial charge in [0, 0.05) is 10.0 Å². The molecule has 1 aromatic heterocycles. The highest BCUT2D eigenvalue weighted by Crippen LogP contribution is 2.36. The van der Waals surface area contributed by atoms with E-state index < -0.39 is 0 Å². The molecule has 4 heteroatoms. The van der Waals surface area contributed by atoms with E-state index in [9.17, 15) is 5.11 Å². The molecule has 0 bridgehead atoms. The normalized spacial score (nSPS) is 10.4. The summed E-state index contributed by atoms with van der Waals surface area (Å²) in [6.45, 7) is 0. The van der Waals surface area contributed by atoms with E-state index in [2.05, 4.69) is 15.9 Å². The second kappa shape index (κ2) is 3.67. The van der Waals surface area contributed by atoms with E-state index in [1.165, 1.54) is 0 Å². The summed E-state index contributed by atoms with van der Waals surface area (Å²) in [5, 5.41) is 9.74. The highest BCUT2D eigenvalue weighted by atomic mass is 79.9. The van der Waals surface area contributed by atoms with Crippen LogP contribution in [0.5, 0.6) is 5.75 Å². The number of phenols is 1. The van der Waals surface area contributed by atoms with Crippen molar-refractivity contribution < 1.29 is 9.52 Å². The van der Waals surface area contributed by atoms with Gasteiger partial charge in [-0.25, -0.2) is 0 Å². The van der Waals surface area contributed by atoms with Crippen LogP contribution in [-0.2, 0) is 0 Å². The van der Waals surface area contributed by atoms with Crippen LogP contribution in [0, 0.1) is 0 Å². The number of rotatable bonds is 1. The number of benzene rings is 1. The molecular weight excluding hydrogens is 267 g/mol. The first-order chi connectivity index (χ1) is 6.68. The van der Waals surface area contributed by atoms with Crippen molar-refractivity contribution in [2.75, 3.05) is 0 Å². The predicted molar refractivity (Wildman–Crippen MR) is 58.5 cm³/mol. The molecule has 2 aromatic rings. The van der Waals surface area contributed by atoms with Crippen molar-refractivity contribution in [2.24, 2.45) is 0 Å². The van der Waals surface area contributed by atoms with E-state index in [1.807, 2.05) is 6.07 Å². The van der Waals surface area contributed by atoms with Crippen LogP contribution in [0.2, 0.25) is 5.02 Å². The summed E-state index contributed by atoms with van der Waals surface area (Å²) < 4.78 is 6.00. The topological polar surface area (TPSA) is 33.4 Å². The van der Waals surface area contributed by atoms with E-state index in [1.54, 1.807) is 24.5 Å². The van der Waals surface area contributed by atoms with Crippen molar-refractivity contribution in [1.82, 2.24) is 0 Å². The van der Waals surface area contributed by atoms with Gasteiger partial charge in [-0.15, -0.1) is 0 Å². The van der Waals surface area contributed by atoms with E-state index in [-0.39, 0.29) is 5.75 Å². The third-order valence-electron chi connectivity index (χ3n) is 1.82. The highest BCUT2D eigenvalue weighted by Gasteiger charge is 2.09. The molecule has 1 aromatic carbocycles. The fourth-order valence-electron chi connectivity index (χ4n) is 1.16. The first-order valence-electron chi connectivity index (χ1n) is 3.90. The lowest BCUT2D eigenvalue weighted by molar-refractivity contribution is 0.475. The predicted octanol–water partition coefficient (Wildman–Crippen LogP) is 4.07. The second-order valence-electron chi connectivity index (χ2n) is 2.76. The lowest BCUT2D eigenvalue weighted by Gasteiger charge is -2.03. The number of hydrogen-bond acceptors (Lipinski definition) is 2. The van der Waals surface area contributed by atoms with E-state index in [0.29, 0.717) is 10.8 Å². The SMILES string of the molecule is Oc1cc(-c2ccco2)c(Br)cc1Cl. The summed E-state index contributed by atoms with van der Waals surface area (Å²) in [7, 11) is 0. The van der Waals surface area contributed by atoms with Crippen molar-refractivity contribution in [1.29, 1.82) is 0 Å². The molecule has 0 atom stereocenters. The van der Waals surface area contributed by atoms with Gasteiger partial charge in [0.05, 0.1) is 11.3 Å². The molecule has 0 saturated heterocycles. The Labute approximate surface area is 94.2 Å². The number of hydrogen-bond donors (Lipinski definition) is 1. The van der Waals surface area contributed by atoms with E-state index in [0.717, 1.165) is 10.0 Å². The van der Waals surface area contributed by atoms with Crippen molar-refractivity contribution in [3.63, 3.8) is 0 Å². The fourth-order valence-corrected chi connectivity index (χ4v) is 1.99. The Balaban J connectivity index is 2.60. The minimum atomic E-state index is 0.0428. The second-order valence-corrected chi connectivity index (χ2v) is 4.02. The molecule has 2 rings (SSSR count). The first kappa shape index (κ1) is 9.62. The zero-order valence-electron chi connectivity index (χ0n) is 7.00. The number of phenolic OH excluding ortho intramolecular Hbond substituents is 1. The highest BCUT2D eigenvalue weighted by molar-refractivity contribution is 9.10. The molecule has 0 saturated carbocycles. The Kier molecular flexibility index (Phi) is 2.52. The Bertz CT molecular complexity index is 451. The fraction of sp³-hybridized carbons (Fsp3) is 0. The van der Waals surface area contributed by atoms with E-state index in [4.69, 9.17) is 16.0 Å². The molecular formula is C10H6BrClO2. The zero-order valence-corrected chi connectivity index (χ0v) is 9.34. The van der Waals surface area contributed by atoms with Crippen molar-refractivity contribution in [3.8, 4) is 17.1 Å². The van der Waals surface area contributed by atoms with Crippen LogP contribution >= 0.6 is 27.5 Å². The van der Waals surface area contributed by atoms with Gasteiger partial charge in [0.2, 0.25) is 0 Å². The Morgan fingerprint density at radius 2 is 2.14 bits per heavy atom. The maximum absolute atomic E-state index is 9.43. The average Bonchev–Trinajstić information content (AvgIpc) is 2.64. The summed E-state index contributed by atoms with van der Waals surface area (Å²) in [6, 6.07) is 6.79. The summed E-state index contributed by atoms with van der Waals surface area (Å²) in [6.07, 6.45) is 1.58. The molecule has 0 unspecified atom stereocenters. The first-order valence-corrected chi connectivity index (χ1v) is 5.07. The summed E-state index contributed by atoms with van der Waals surface area (Å²) >= 11 is 9.08. The number of halogens is 2. The van der Waals surface area contributed by atoms with E-state index >= 15 is 0 Å². The van der Waals surface area contributed by atoms with Gasteiger partial charge in [-0.05, 0) is 40.2 Å². The van der Waals surface area contributed by atoms with Gasteiger partial charge in [0.1, 0.15) is 11.5 Å². The van der Waals surface area contributed by atoms with Crippen LogP contribution in [0.3, 0.4) is 0 Å². The van der Waals surface area contributed by atoms with Crippen LogP contribution in [0.25, 0.3) is 11.3 Å². The smallest absolute Gasteiger partial charge is 0.135 e. The lowest BCUT2D eigenvalue weighted by atomic mass is 10.1. The molecule has 1 heterocycles. The lowest BCUT2D eigenvalue weighted by Crippen LogP contribution is -1.78. The van der Waals surface area contributed by atoms with Crippen LogP contribution < -0.4 is 0 Å². The van der Waals surface area contributed by atoms with Crippen LogP contribution in [0.4, 0.5) is 0 Å². The molecule has 0 fully saturated rings. The molecule has 0 radical (unpaired) electrons. The minimum absolute atomic E-state index is 0.0428. The molecule has 2 nitrogen and oxygen atoms in total. The Morgan fingerprint density at radius 3 is 2.79 bits per heavy atom. The average molecular weight is 274 g/mol. The monoisotopic (exact) mass is 272 g/mol. The number of aromatic hydroxyl groups is 1. The Hall–Kier alpha value is -0.930. The molecule has 72 valence electrons. The Morgan fingerprint density at radius 1 is 1.36 bits per heavy atom. The van der Waals surface area contributed by atoms with Crippen LogP contribution in [0.15, 0.2) is 39.4 Å². The standard InChI is InChI=1S/C10H6BrClO2/c11-7-5-8(12)9(13)4-6(7)10-2-1-3-14-10/h1-5,13H. The molecule has 0 amide bonds. The van der Waals surface area contributed by atoms with Crippen molar-refractivity contribution >= 4 is 27.5 Å². The number of furan rings is 1. The molecule has 0 aliphatic carbocycles. The van der Waals surface area contributed by atoms with Gasteiger partial charge in [0.25, 0.3) is 0 Å². The molecule has 14 heavy (non-hydrogen) atoms. The molecule has 0 spiro atoms. The van der Waals surface area contributed by atoms with Gasteiger partial charge in [-0.2, -0.15) is 0 Å². The molecule has 0 aliphatic heterocycles. The van der Waals surface area contributed by atoms with Crippen LogP contribution in [-0.4, -0.2) is 5.11 Å². The van der Waals surface area contributed by atoms with Crippen molar-refractivity contribution in [2.45, 2.75) is 0 Å². The van der Waals surface area contributed by atoms with Gasteiger partial charge >= 0.3 is 0 Å². The largest absolute Gasteiger partial charge is 0.506 e. The van der Waals surface area contributed by atoms with Crippen LogP contribution in [0.1, 0.15) is 0 Å². The van der Waals surface area contributed by atoms with Crippen molar-refractivity contribution in [3.05, 3.63) is 40.0 Å². The third kappa shape index (κ3) is 1.65. The van der Waals surface area contributed by atoms with Gasteiger partial charge in [-0.1, -0.05) is 11.6 Å². The minimum Gasteiger partial charge on any atom is -0.506 e. The molecule has 0 aliphatic rings. The maximum atomic E-state index is 9.43. The summed E-state index contributed by atoms with van der Waals surface area (Å²) in [5.41, 5.74) is 0.775. The maximum Gasteiger partial charge on any atom is 0.135 e. The van der Waals surface area contributed by atoms with Gasteiger partial charge in [-0.3, -0.25) is 0 Å². The summed E-state index contributed by atoms with van der Waals surface area (Å²) in [4.78, 5) is 0. The third-order valence-corrected chi connectivity index (χ3v) is 2.78. The molecule has 1 N–H and O–H groups in total.